The molecule has 1 amide bonds. The Morgan fingerprint density at radius 1 is 1.28 bits per heavy atom. The largest absolute Gasteiger partial charge is 0.608 e. The Labute approximate surface area is 101 Å². The van der Waals surface area contributed by atoms with Gasteiger partial charge < -0.3 is 26.2 Å². The maximum absolute atomic E-state index is 10.6. The molecule has 0 aromatic rings. The Bertz CT molecular complexity index is 305. The number of amides is 1. The van der Waals surface area contributed by atoms with Gasteiger partial charge in [0.15, 0.2) is 0 Å². The summed E-state index contributed by atoms with van der Waals surface area (Å²) < 4.78 is 42.3. The van der Waals surface area contributed by atoms with E-state index in [2.05, 4.69) is 5.73 Å². The van der Waals surface area contributed by atoms with Crippen molar-refractivity contribution < 1.29 is 42.3 Å². The van der Waals surface area contributed by atoms with Gasteiger partial charge in [0.2, 0.25) is 0 Å². The molecule has 106 valence electrons. The SMILES string of the molecule is NC(=O)[S+]([O-])C[C@H](N)C(=O)O.O=C(O)C(F)(F)F. The molecule has 0 aliphatic rings. The van der Waals surface area contributed by atoms with E-state index in [9.17, 15) is 27.3 Å². The zero-order chi connectivity index (χ0) is 15.1. The molecule has 0 saturated carbocycles. The quantitative estimate of drug-likeness (QED) is 0.477. The Kier molecular flexibility index (Phi) is 8.08. The van der Waals surface area contributed by atoms with E-state index in [1.807, 2.05) is 0 Å². The molecule has 0 bridgehead atoms. The fourth-order valence-corrected chi connectivity index (χ4v) is 0.950. The van der Waals surface area contributed by atoms with Crippen molar-refractivity contribution in [3.05, 3.63) is 0 Å². The van der Waals surface area contributed by atoms with E-state index in [1.165, 1.54) is 0 Å². The van der Waals surface area contributed by atoms with Gasteiger partial charge in [0.1, 0.15) is 11.8 Å². The second-order valence-corrected chi connectivity index (χ2v) is 4.01. The molecule has 0 aromatic carbocycles. The zero-order valence-corrected chi connectivity index (χ0v) is 9.33. The summed E-state index contributed by atoms with van der Waals surface area (Å²) in [6, 6.07) is -1.30. The van der Waals surface area contributed by atoms with Gasteiger partial charge in [-0.25, -0.2) is 9.59 Å². The van der Waals surface area contributed by atoms with Crippen molar-refractivity contribution in [2.75, 3.05) is 5.75 Å². The summed E-state index contributed by atoms with van der Waals surface area (Å²) in [6.07, 6.45) is -5.08. The number of hydrogen-bond acceptors (Lipinski definition) is 5. The minimum atomic E-state index is -5.08. The third-order valence-corrected chi connectivity index (χ3v) is 2.23. The van der Waals surface area contributed by atoms with E-state index in [0.717, 1.165) is 0 Å². The molecule has 2 atom stereocenters. The number of rotatable bonds is 3. The minimum Gasteiger partial charge on any atom is -0.608 e. The second-order valence-electron chi connectivity index (χ2n) is 2.58. The molecule has 0 spiro atoms. The Hall–Kier alpha value is -1.53. The van der Waals surface area contributed by atoms with Crippen molar-refractivity contribution in [3.63, 3.8) is 0 Å². The van der Waals surface area contributed by atoms with Crippen LogP contribution < -0.4 is 11.5 Å². The zero-order valence-electron chi connectivity index (χ0n) is 8.51. The highest BCUT2D eigenvalue weighted by Crippen LogP contribution is 2.13. The third kappa shape index (κ3) is 9.68. The molecule has 6 N–H and O–H groups in total. The lowest BCUT2D eigenvalue weighted by Crippen LogP contribution is -2.40. The van der Waals surface area contributed by atoms with Crippen molar-refractivity contribution in [1.29, 1.82) is 0 Å². The highest BCUT2D eigenvalue weighted by Gasteiger charge is 2.38. The maximum atomic E-state index is 10.6. The van der Waals surface area contributed by atoms with Crippen LogP contribution in [0.2, 0.25) is 0 Å². The number of carbonyl (C=O) groups excluding carboxylic acids is 1. The number of nitrogens with two attached hydrogens (primary N) is 2. The van der Waals surface area contributed by atoms with Gasteiger partial charge in [-0.15, -0.1) is 0 Å². The second kappa shape index (κ2) is 7.73. The monoisotopic (exact) mass is 294 g/mol. The van der Waals surface area contributed by atoms with Crippen LogP contribution in [-0.4, -0.2) is 49.9 Å². The van der Waals surface area contributed by atoms with Gasteiger partial charge in [0.25, 0.3) is 0 Å². The molecule has 0 aromatic heterocycles. The third-order valence-electron chi connectivity index (χ3n) is 1.12. The molecule has 0 saturated heterocycles. The topological polar surface area (TPSA) is 167 Å². The summed E-state index contributed by atoms with van der Waals surface area (Å²) in [5.74, 6) is -4.50. The molecule has 0 heterocycles. The normalized spacial score (nSPS) is 13.8. The molecule has 0 rings (SSSR count). The number of hydrogen-bond donors (Lipinski definition) is 4. The fraction of sp³-hybridized carbons (Fsp3) is 0.500. The van der Waals surface area contributed by atoms with Crippen LogP contribution in [0.4, 0.5) is 18.0 Å². The first-order chi connectivity index (χ1) is 7.89. The van der Waals surface area contributed by atoms with Crippen molar-refractivity contribution in [2.24, 2.45) is 11.5 Å². The van der Waals surface area contributed by atoms with Crippen molar-refractivity contribution >= 4 is 28.4 Å². The highest BCUT2D eigenvalue weighted by molar-refractivity contribution is 8.06. The summed E-state index contributed by atoms with van der Waals surface area (Å²) in [5.41, 5.74) is 9.55. The molecular formula is C6H9F3N2O6S. The van der Waals surface area contributed by atoms with Crippen LogP contribution in [0.3, 0.4) is 0 Å². The lowest BCUT2D eigenvalue weighted by atomic mass is 10.4. The predicted molar refractivity (Wildman–Crippen MR) is 51.9 cm³/mol. The van der Waals surface area contributed by atoms with Crippen molar-refractivity contribution in [1.82, 2.24) is 0 Å². The van der Waals surface area contributed by atoms with Crippen molar-refractivity contribution in [2.45, 2.75) is 12.2 Å². The Morgan fingerprint density at radius 2 is 1.61 bits per heavy atom. The van der Waals surface area contributed by atoms with E-state index in [4.69, 9.17) is 20.7 Å². The molecule has 1 unspecified atom stereocenters. The van der Waals surface area contributed by atoms with Gasteiger partial charge >= 0.3 is 23.4 Å². The molecule has 0 aliphatic heterocycles. The first kappa shape index (κ1) is 18.8. The fourth-order valence-electron chi connectivity index (χ4n) is 0.317. The van der Waals surface area contributed by atoms with E-state index in [1.54, 1.807) is 0 Å². The Morgan fingerprint density at radius 3 is 1.78 bits per heavy atom. The summed E-state index contributed by atoms with van der Waals surface area (Å²) in [6.45, 7) is 0. The number of primary amides is 1. The van der Waals surface area contributed by atoms with Crippen LogP contribution in [0.5, 0.6) is 0 Å². The summed E-state index contributed by atoms with van der Waals surface area (Å²) >= 11 is -1.99. The van der Waals surface area contributed by atoms with E-state index in [-0.39, 0.29) is 0 Å². The van der Waals surface area contributed by atoms with E-state index < -0.39 is 46.3 Å². The van der Waals surface area contributed by atoms with Crippen LogP contribution >= 0.6 is 0 Å². The molecule has 12 heteroatoms. The molecular weight excluding hydrogens is 285 g/mol. The number of carboxylic acids is 2. The smallest absolute Gasteiger partial charge is 0.490 e. The number of carboxylic acid groups (broad SMARTS) is 2. The summed E-state index contributed by atoms with van der Waals surface area (Å²) in [5, 5.41) is 14.3. The minimum absolute atomic E-state index is 0.440. The first-order valence-corrected chi connectivity index (χ1v) is 5.17. The van der Waals surface area contributed by atoms with Crippen LogP contribution in [0.1, 0.15) is 0 Å². The van der Waals surface area contributed by atoms with Crippen molar-refractivity contribution in [3.8, 4) is 0 Å². The lowest BCUT2D eigenvalue weighted by Gasteiger charge is -2.07. The number of halogens is 3. The van der Waals surface area contributed by atoms with Gasteiger partial charge in [0.05, 0.1) is 0 Å². The van der Waals surface area contributed by atoms with E-state index in [0.29, 0.717) is 0 Å². The number of carbonyl (C=O) groups is 3. The maximum Gasteiger partial charge on any atom is 0.490 e. The summed E-state index contributed by atoms with van der Waals surface area (Å²) in [4.78, 5) is 29.1. The Balaban J connectivity index is 0. The van der Waals surface area contributed by atoms with Gasteiger partial charge in [0, 0.05) is 11.2 Å². The molecule has 0 fully saturated rings. The van der Waals surface area contributed by atoms with Gasteiger partial charge in [-0.3, -0.25) is 4.79 Å². The summed E-state index contributed by atoms with van der Waals surface area (Å²) in [7, 11) is 0. The lowest BCUT2D eigenvalue weighted by molar-refractivity contribution is -0.192. The molecule has 0 radical (unpaired) electrons. The molecule has 18 heavy (non-hydrogen) atoms. The molecule has 0 aliphatic carbocycles. The van der Waals surface area contributed by atoms with Crippen LogP contribution in [0.25, 0.3) is 0 Å². The van der Waals surface area contributed by atoms with Crippen LogP contribution in [0.15, 0.2) is 0 Å². The number of aliphatic carboxylic acids is 2. The van der Waals surface area contributed by atoms with Crippen LogP contribution in [0, 0.1) is 0 Å². The first-order valence-electron chi connectivity index (χ1n) is 3.85. The van der Waals surface area contributed by atoms with Gasteiger partial charge in [-0.2, -0.15) is 13.2 Å². The standard InChI is InChI=1S/C4H8N2O4S.C2HF3O2/c5-2(3(7)8)1-11(10)4(6)9;3-2(4,5)1(6)7/h2H,1,5H2,(H2,6,9)(H,7,8);(H,6,7)/t2-,11?;/m0./s1. The predicted octanol–water partition coefficient (Wildman–Crippen LogP) is -1.14. The number of alkyl halides is 3. The highest BCUT2D eigenvalue weighted by atomic mass is 32.2. The average molecular weight is 294 g/mol. The molecule has 8 nitrogen and oxygen atoms in total. The van der Waals surface area contributed by atoms with Gasteiger partial charge in [-0.1, -0.05) is 0 Å². The average Bonchev–Trinajstić information content (AvgIpc) is 2.16. The van der Waals surface area contributed by atoms with E-state index >= 15 is 0 Å². The van der Waals surface area contributed by atoms with Gasteiger partial charge in [-0.05, 0) is 0 Å². The van der Waals surface area contributed by atoms with Crippen LogP contribution in [-0.2, 0) is 20.8 Å².